The highest BCUT2D eigenvalue weighted by molar-refractivity contribution is 5.73. The van der Waals surface area contributed by atoms with Gasteiger partial charge in [-0.2, -0.15) is 0 Å². The molecule has 0 aromatic rings. The minimum Gasteiger partial charge on any atom is -0.480 e. The average Bonchev–Trinajstić information content (AvgIpc) is 2.81. The van der Waals surface area contributed by atoms with E-state index in [1.165, 1.54) is 0 Å². The Hall–Kier alpha value is -1.14. The van der Waals surface area contributed by atoms with E-state index in [9.17, 15) is 9.59 Å². The second-order valence-corrected chi connectivity index (χ2v) is 4.24. The van der Waals surface area contributed by atoms with Crippen LogP contribution >= 0.6 is 0 Å². The molecule has 0 unspecified atom stereocenters. The summed E-state index contributed by atoms with van der Waals surface area (Å²) < 4.78 is 0. The van der Waals surface area contributed by atoms with Gasteiger partial charge in [0.15, 0.2) is 0 Å². The Kier molecular flexibility index (Phi) is 7.49. The van der Waals surface area contributed by atoms with Crippen LogP contribution in [0, 0.1) is 5.92 Å². The largest absolute Gasteiger partial charge is 0.480 e. The number of carbonyl (C=O) groups is 2. The van der Waals surface area contributed by atoms with Gasteiger partial charge >= 0.3 is 11.9 Å². The van der Waals surface area contributed by atoms with Gasteiger partial charge in [-0.15, -0.1) is 0 Å². The van der Waals surface area contributed by atoms with E-state index in [1.807, 2.05) is 13.8 Å². The molecule has 5 N–H and O–H groups in total. The first kappa shape index (κ1) is 15.9. The van der Waals surface area contributed by atoms with Crippen molar-refractivity contribution in [2.24, 2.45) is 11.7 Å². The third-order valence-corrected chi connectivity index (χ3v) is 2.90. The number of rotatable bonds is 4. The van der Waals surface area contributed by atoms with Gasteiger partial charge in [-0.05, 0) is 25.3 Å². The molecule has 6 nitrogen and oxygen atoms in total. The van der Waals surface area contributed by atoms with Crippen LogP contribution in [0.5, 0.6) is 0 Å². The van der Waals surface area contributed by atoms with Gasteiger partial charge in [0, 0.05) is 0 Å². The molecule has 1 saturated heterocycles. The zero-order chi connectivity index (χ0) is 13.4. The molecule has 1 fully saturated rings. The smallest absolute Gasteiger partial charge is 0.320 e. The van der Waals surface area contributed by atoms with Crippen LogP contribution in [0.1, 0.15) is 33.1 Å². The molecule has 0 aromatic carbocycles. The van der Waals surface area contributed by atoms with Crippen molar-refractivity contribution in [2.75, 3.05) is 6.54 Å². The van der Waals surface area contributed by atoms with Gasteiger partial charge in [0.1, 0.15) is 12.1 Å². The molecule has 17 heavy (non-hydrogen) atoms. The van der Waals surface area contributed by atoms with Crippen LogP contribution in [-0.4, -0.2) is 40.8 Å². The predicted molar refractivity (Wildman–Crippen MR) is 63.7 cm³/mol. The number of hydrogen-bond donors (Lipinski definition) is 4. The molecule has 6 heteroatoms. The summed E-state index contributed by atoms with van der Waals surface area (Å²) in [7, 11) is 0. The Labute approximate surface area is 101 Å². The third-order valence-electron chi connectivity index (χ3n) is 2.90. The molecule has 0 bridgehead atoms. The number of aliphatic carboxylic acids is 2. The maximum Gasteiger partial charge on any atom is 0.320 e. The molecule has 0 spiro atoms. The summed E-state index contributed by atoms with van der Waals surface area (Å²) in [6.45, 7) is 4.61. The Balaban J connectivity index is 0.000000302. The van der Waals surface area contributed by atoms with Crippen molar-refractivity contribution >= 4 is 11.9 Å². The maximum atomic E-state index is 10.2. The highest BCUT2D eigenvalue weighted by atomic mass is 16.4. The number of carboxylic acid groups (broad SMARTS) is 2. The molecule has 0 aromatic heterocycles. The van der Waals surface area contributed by atoms with Crippen molar-refractivity contribution in [3.05, 3.63) is 0 Å². The number of nitrogens with two attached hydrogens (primary N) is 1. The summed E-state index contributed by atoms with van der Waals surface area (Å²) in [6.07, 6.45) is 2.60. The zero-order valence-electron chi connectivity index (χ0n) is 10.3. The van der Waals surface area contributed by atoms with Gasteiger partial charge in [0.25, 0.3) is 0 Å². The first-order valence-corrected chi connectivity index (χ1v) is 5.84. The van der Waals surface area contributed by atoms with Gasteiger partial charge in [0.05, 0.1) is 0 Å². The maximum absolute atomic E-state index is 10.2. The Morgan fingerprint density at radius 3 is 2.24 bits per heavy atom. The summed E-state index contributed by atoms with van der Waals surface area (Å²) in [6, 6.07) is -0.968. The van der Waals surface area contributed by atoms with Crippen LogP contribution in [0.15, 0.2) is 0 Å². The van der Waals surface area contributed by atoms with Gasteiger partial charge in [-0.25, -0.2) is 0 Å². The molecule has 0 radical (unpaired) electrons. The topological polar surface area (TPSA) is 113 Å². The highest BCUT2D eigenvalue weighted by Gasteiger charge is 2.20. The molecule has 0 aliphatic carbocycles. The van der Waals surface area contributed by atoms with Crippen molar-refractivity contribution in [1.82, 2.24) is 5.32 Å². The van der Waals surface area contributed by atoms with Crippen molar-refractivity contribution in [2.45, 2.75) is 45.2 Å². The zero-order valence-corrected chi connectivity index (χ0v) is 10.3. The fraction of sp³-hybridized carbons (Fsp3) is 0.818. The first-order chi connectivity index (χ1) is 7.90. The summed E-state index contributed by atoms with van der Waals surface area (Å²) in [4.78, 5) is 20.3. The van der Waals surface area contributed by atoms with E-state index in [1.54, 1.807) is 0 Å². The fourth-order valence-electron chi connectivity index (χ4n) is 1.39. The highest BCUT2D eigenvalue weighted by Crippen LogP contribution is 2.04. The fourth-order valence-corrected chi connectivity index (χ4v) is 1.39. The normalized spacial score (nSPS) is 22.2. The van der Waals surface area contributed by atoms with Crippen LogP contribution in [0.4, 0.5) is 0 Å². The molecule has 100 valence electrons. The summed E-state index contributed by atoms with van der Waals surface area (Å²) in [5.41, 5.74) is 5.27. The van der Waals surface area contributed by atoms with E-state index in [0.29, 0.717) is 0 Å². The molecule has 1 heterocycles. The van der Waals surface area contributed by atoms with Crippen molar-refractivity contribution in [1.29, 1.82) is 0 Å². The Morgan fingerprint density at radius 1 is 1.47 bits per heavy atom. The lowest BCUT2D eigenvalue weighted by atomic mass is 10.0. The lowest BCUT2D eigenvalue weighted by Crippen LogP contribution is -2.36. The molecular weight excluding hydrogens is 224 g/mol. The van der Waals surface area contributed by atoms with Gasteiger partial charge < -0.3 is 21.3 Å². The van der Waals surface area contributed by atoms with Crippen LogP contribution in [-0.2, 0) is 9.59 Å². The van der Waals surface area contributed by atoms with Gasteiger partial charge in [-0.1, -0.05) is 20.3 Å². The number of hydrogen-bond acceptors (Lipinski definition) is 4. The first-order valence-electron chi connectivity index (χ1n) is 5.84. The number of nitrogens with one attached hydrogen (secondary N) is 1. The standard InChI is InChI=1S/C6H13NO2.C5H9NO2/c1-3-4(2)5(7)6(8)9;7-5(8)4-2-1-3-6-4/h4-5H,3,7H2,1-2H3,(H,8,9);4,6H,1-3H2,(H,7,8)/t4-,5-;4-/m00/s1. The summed E-state index contributed by atoms with van der Waals surface area (Å²) >= 11 is 0. The Bertz CT molecular complexity index is 252. The minimum absolute atomic E-state index is 0.0718. The molecule has 0 saturated carbocycles. The molecule has 0 amide bonds. The molecule has 1 aliphatic rings. The molecule has 3 atom stereocenters. The van der Waals surface area contributed by atoms with E-state index in [4.69, 9.17) is 15.9 Å². The van der Waals surface area contributed by atoms with Crippen LogP contribution < -0.4 is 11.1 Å². The van der Waals surface area contributed by atoms with Crippen LogP contribution in [0.2, 0.25) is 0 Å². The second-order valence-electron chi connectivity index (χ2n) is 4.24. The van der Waals surface area contributed by atoms with Crippen molar-refractivity contribution in [3.8, 4) is 0 Å². The molecule has 1 aliphatic heterocycles. The van der Waals surface area contributed by atoms with Gasteiger partial charge in [-0.3, -0.25) is 9.59 Å². The van der Waals surface area contributed by atoms with E-state index in [0.717, 1.165) is 25.8 Å². The number of carboxylic acids is 2. The van der Waals surface area contributed by atoms with Crippen molar-refractivity contribution in [3.63, 3.8) is 0 Å². The third kappa shape index (κ3) is 6.23. The van der Waals surface area contributed by atoms with E-state index in [-0.39, 0.29) is 12.0 Å². The average molecular weight is 246 g/mol. The van der Waals surface area contributed by atoms with Crippen LogP contribution in [0.3, 0.4) is 0 Å². The van der Waals surface area contributed by atoms with Gasteiger partial charge in [0.2, 0.25) is 0 Å². The molecule has 1 rings (SSSR count). The summed E-state index contributed by atoms with van der Waals surface area (Å²) in [5, 5.41) is 19.6. The van der Waals surface area contributed by atoms with E-state index >= 15 is 0 Å². The lowest BCUT2D eigenvalue weighted by molar-refractivity contribution is -0.140. The monoisotopic (exact) mass is 246 g/mol. The van der Waals surface area contributed by atoms with E-state index < -0.39 is 18.0 Å². The summed E-state index contributed by atoms with van der Waals surface area (Å²) in [5.74, 6) is -1.56. The quantitative estimate of drug-likeness (QED) is 0.566. The SMILES string of the molecule is CC[C@H](C)[C@H](N)C(=O)O.O=C(O)[C@@H]1CCCN1. The van der Waals surface area contributed by atoms with Crippen LogP contribution in [0.25, 0.3) is 0 Å². The lowest BCUT2D eigenvalue weighted by Gasteiger charge is -2.11. The van der Waals surface area contributed by atoms with E-state index in [2.05, 4.69) is 5.32 Å². The van der Waals surface area contributed by atoms with Crippen molar-refractivity contribution < 1.29 is 19.8 Å². The minimum atomic E-state index is -0.913. The Morgan fingerprint density at radius 2 is 2.06 bits per heavy atom. The predicted octanol–water partition coefficient (Wildman–Crippen LogP) is 0.267. The second kappa shape index (κ2) is 8.03. The molecular formula is C11H22N2O4.